The Morgan fingerprint density at radius 1 is 1.30 bits per heavy atom. The number of aromatic nitrogens is 2. The summed E-state index contributed by atoms with van der Waals surface area (Å²) in [5.41, 5.74) is -1.83. The lowest BCUT2D eigenvalue weighted by atomic mass is 10.1. The molecule has 0 aromatic carbocycles. The molecule has 0 saturated carbocycles. The highest BCUT2D eigenvalue weighted by Crippen LogP contribution is 2.28. The second-order valence-corrected chi connectivity index (χ2v) is 7.01. The topological polar surface area (TPSA) is 145 Å². The third kappa shape index (κ3) is 5.16. The number of ether oxygens (including phenoxy) is 1. The number of nitrogens with one attached hydrogen (secondary N) is 1. The van der Waals surface area contributed by atoms with Crippen molar-refractivity contribution in [3.8, 4) is 0 Å². The van der Waals surface area contributed by atoms with Gasteiger partial charge in [-0.1, -0.05) is 11.6 Å². The SMILES string of the molecule is CC(C)=CCN(Cc1cn(C2OC(CO)C(O)C2O)c(=O)[nH]c1=O)C(=O)C(F)(F)F. The number of hydrogen-bond acceptors (Lipinski definition) is 7. The molecule has 30 heavy (non-hydrogen) atoms. The summed E-state index contributed by atoms with van der Waals surface area (Å²) in [6.07, 6.45) is -8.89. The number of aromatic amines is 1. The number of carbonyl (C=O) groups is 1. The Bertz CT molecular complexity index is 920. The number of rotatable bonds is 6. The molecular formula is C17H22F3N3O7. The molecule has 1 amide bonds. The van der Waals surface area contributed by atoms with E-state index in [2.05, 4.69) is 0 Å². The Morgan fingerprint density at radius 2 is 1.93 bits per heavy atom. The van der Waals surface area contributed by atoms with E-state index in [4.69, 9.17) is 9.84 Å². The number of aliphatic hydroxyl groups excluding tert-OH is 3. The van der Waals surface area contributed by atoms with Gasteiger partial charge in [-0.2, -0.15) is 13.2 Å². The van der Waals surface area contributed by atoms with Gasteiger partial charge in [0, 0.05) is 12.7 Å². The second-order valence-electron chi connectivity index (χ2n) is 7.01. The van der Waals surface area contributed by atoms with Crippen LogP contribution in [-0.4, -0.2) is 73.3 Å². The van der Waals surface area contributed by atoms with E-state index in [0.29, 0.717) is 15.0 Å². The Hall–Kier alpha value is -2.48. The van der Waals surface area contributed by atoms with Gasteiger partial charge in [0.2, 0.25) is 0 Å². The highest BCUT2D eigenvalue weighted by molar-refractivity contribution is 5.82. The van der Waals surface area contributed by atoms with Crippen molar-refractivity contribution in [2.75, 3.05) is 13.2 Å². The fourth-order valence-electron chi connectivity index (χ4n) is 2.84. The summed E-state index contributed by atoms with van der Waals surface area (Å²) in [5, 5.41) is 29.0. The van der Waals surface area contributed by atoms with Gasteiger partial charge in [0.1, 0.15) is 18.3 Å². The van der Waals surface area contributed by atoms with Crippen LogP contribution < -0.4 is 11.2 Å². The number of halogens is 3. The highest BCUT2D eigenvalue weighted by Gasteiger charge is 2.44. The number of hydrogen-bond donors (Lipinski definition) is 4. The van der Waals surface area contributed by atoms with E-state index in [1.54, 1.807) is 13.8 Å². The zero-order chi connectivity index (χ0) is 22.8. The lowest BCUT2D eigenvalue weighted by Gasteiger charge is -2.23. The van der Waals surface area contributed by atoms with Crippen molar-refractivity contribution >= 4 is 5.91 Å². The molecule has 0 radical (unpaired) electrons. The molecule has 1 aromatic heterocycles. The van der Waals surface area contributed by atoms with Gasteiger partial charge in [0.15, 0.2) is 6.23 Å². The summed E-state index contributed by atoms with van der Waals surface area (Å²) in [6, 6.07) is 0. The Morgan fingerprint density at radius 3 is 2.43 bits per heavy atom. The molecule has 2 rings (SSSR count). The van der Waals surface area contributed by atoms with Gasteiger partial charge >= 0.3 is 17.8 Å². The predicted molar refractivity (Wildman–Crippen MR) is 95.2 cm³/mol. The number of H-pyrrole nitrogens is 1. The third-order valence-corrected chi connectivity index (χ3v) is 4.44. The molecular weight excluding hydrogens is 415 g/mol. The van der Waals surface area contributed by atoms with Crippen molar-refractivity contribution in [1.82, 2.24) is 14.5 Å². The third-order valence-electron chi connectivity index (χ3n) is 4.44. The second kappa shape index (κ2) is 9.12. The average Bonchev–Trinajstić information content (AvgIpc) is 2.93. The lowest BCUT2D eigenvalue weighted by Crippen LogP contribution is -2.43. The molecule has 10 nitrogen and oxygen atoms in total. The first-order valence-corrected chi connectivity index (χ1v) is 8.83. The minimum absolute atomic E-state index is 0.379. The molecule has 4 unspecified atom stereocenters. The number of allylic oxidation sites excluding steroid dienone is 1. The first-order chi connectivity index (χ1) is 13.9. The molecule has 0 spiro atoms. The molecule has 1 fully saturated rings. The summed E-state index contributed by atoms with van der Waals surface area (Å²) < 4.78 is 44.7. The van der Waals surface area contributed by atoms with Gasteiger partial charge in [-0.3, -0.25) is 19.1 Å². The normalized spacial score (nSPS) is 24.0. The highest BCUT2D eigenvalue weighted by atomic mass is 19.4. The van der Waals surface area contributed by atoms with Crippen molar-refractivity contribution in [1.29, 1.82) is 0 Å². The van der Waals surface area contributed by atoms with E-state index in [1.165, 1.54) is 6.08 Å². The van der Waals surface area contributed by atoms with Crippen LogP contribution in [0.4, 0.5) is 13.2 Å². The number of alkyl halides is 3. The maximum atomic E-state index is 12.9. The van der Waals surface area contributed by atoms with Crippen LogP contribution in [0.2, 0.25) is 0 Å². The molecule has 4 N–H and O–H groups in total. The van der Waals surface area contributed by atoms with Crippen LogP contribution in [0.25, 0.3) is 0 Å². The van der Waals surface area contributed by atoms with E-state index in [0.717, 1.165) is 6.20 Å². The smallest absolute Gasteiger partial charge is 0.394 e. The first kappa shape index (κ1) is 23.8. The largest absolute Gasteiger partial charge is 0.471 e. The molecule has 0 bridgehead atoms. The van der Waals surface area contributed by atoms with E-state index >= 15 is 0 Å². The molecule has 1 saturated heterocycles. The van der Waals surface area contributed by atoms with Crippen LogP contribution in [0, 0.1) is 0 Å². The number of nitrogens with zero attached hydrogens (tertiary/aromatic N) is 2. The van der Waals surface area contributed by atoms with Crippen LogP contribution in [0.3, 0.4) is 0 Å². The molecule has 1 aliphatic rings. The quantitative estimate of drug-likeness (QED) is 0.418. The van der Waals surface area contributed by atoms with Crippen molar-refractivity contribution in [2.24, 2.45) is 0 Å². The van der Waals surface area contributed by atoms with Crippen molar-refractivity contribution < 1.29 is 38.0 Å². The Kier molecular flexibility index (Phi) is 7.23. The van der Waals surface area contributed by atoms with Gasteiger partial charge < -0.3 is 25.0 Å². The fourth-order valence-corrected chi connectivity index (χ4v) is 2.84. The standard InChI is InChI=1S/C17H22F3N3O7/c1-8(2)3-4-22(15(28)17(18,19)20)5-9-6-23(16(29)21-13(9)27)14-12(26)11(25)10(7-24)30-14/h3,6,10-12,14,24-26H,4-5,7H2,1-2H3,(H,21,27,29). The molecule has 13 heteroatoms. The summed E-state index contributed by atoms with van der Waals surface area (Å²) >= 11 is 0. The number of amides is 1. The fraction of sp³-hybridized carbons (Fsp3) is 0.588. The van der Waals surface area contributed by atoms with Gasteiger partial charge in [0.25, 0.3) is 5.56 Å². The molecule has 1 aliphatic heterocycles. The van der Waals surface area contributed by atoms with Gasteiger partial charge in [-0.25, -0.2) is 4.79 Å². The molecule has 2 heterocycles. The number of carbonyl (C=O) groups excluding carboxylic acids is 1. The van der Waals surface area contributed by atoms with Crippen molar-refractivity contribution in [2.45, 2.75) is 51.1 Å². The number of aliphatic hydroxyl groups is 3. The van der Waals surface area contributed by atoms with Crippen molar-refractivity contribution in [3.05, 3.63) is 44.2 Å². The van der Waals surface area contributed by atoms with Crippen molar-refractivity contribution in [3.63, 3.8) is 0 Å². The first-order valence-electron chi connectivity index (χ1n) is 8.83. The van der Waals surface area contributed by atoms with Gasteiger partial charge in [0.05, 0.1) is 18.7 Å². The average molecular weight is 437 g/mol. The molecule has 0 aliphatic carbocycles. The molecule has 1 aromatic rings. The van der Waals surface area contributed by atoms with E-state index in [9.17, 15) is 37.8 Å². The van der Waals surface area contributed by atoms with E-state index in [-0.39, 0.29) is 5.56 Å². The van der Waals surface area contributed by atoms with Crippen LogP contribution in [-0.2, 0) is 16.1 Å². The summed E-state index contributed by atoms with van der Waals surface area (Å²) in [5.74, 6) is -2.18. The molecule has 168 valence electrons. The Labute approximate surface area is 167 Å². The minimum Gasteiger partial charge on any atom is -0.394 e. The molecule has 4 atom stereocenters. The summed E-state index contributed by atoms with van der Waals surface area (Å²) in [7, 11) is 0. The summed E-state index contributed by atoms with van der Waals surface area (Å²) in [6.45, 7) is 1.34. The van der Waals surface area contributed by atoms with Gasteiger partial charge in [-0.05, 0) is 13.8 Å². The monoisotopic (exact) mass is 437 g/mol. The van der Waals surface area contributed by atoms with Crippen LogP contribution in [0.15, 0.2) is 27.4 Å². The summed E-state index contributed by atoms with van der Waals surface area (Å²) in [4.78, 5) is 38.3. The zero-order valence-corrected chi connectivity index (χ0v) is 16.1. The zero-order valence-electron chi connectivity index (χ0n) is 16.1. The van der Waals surface area contributed by atoms with Gasteiger partial charge in [-0.15, -0.1) is 0 Å². The van der Waals surface area contributed by atoms with Crippen LogP contribution in [0.1, 0.15) is 25.6 Å². The maximum Gasteiger partial charge on any atom is 0.471 e. The Balaban J connectivity index is 2.42. The van der Waals surface area contributed by atoms with Crippen LogP contribution in [0.5, 0.6) is 0 Å². The minimum atomic E-state index is -5.18. The lowest BCUT2D eigenvalue weighted by molar-refractivity contribution is -0.185. The van der Waals surface area contributed by atoms with E-state index < -0.39 is 67.6 Å². The van der Waals surface area contributed by atoms with E-state index in [1.807, 2.05) is 4.98 Å². The maximum absolute atomic E-state index is 12.9. The van der Waals surface area contributed by atoms with Crippen LogP contribution >= 0.6 is 0 Å². The predicted octanol–water partition coefficient (Wildman–Crippen LogP) is -0.995.